The highest BCUT2D eigenvalue weighted by molar-refractivity contribution is 5.67. The van der Waals surface area contributed by atoms with Gasteiger partial charge < -0.3 is 14.2 Å². The monoisotopic (exact) mass is 582 g/mol. The maximum Gasteiger partial charge on any atom is 0.302 e. The Balaban J connectivity index is 1.60. The van der Waals surface area contributed by atoms with Crippen molar-refractivity contribution in [3.63, 3.8) is 0 Å². The van der Waals surface area contributed by atoms with Crippen LogP contribution in [0.5, 0.6) is 0 Å². The Morgan fingerprint density at radius 2 is 1.45 bits per heavy atom. The Labute approximate surface area is 253 Å². The SMILES string of the molecule is CC(=O)OC[C@]1(C)CC2=C3C=C[C@H]4[C@@]5(C)CC[C@@H](OC(C)=O)C(C)(C)[C@@H]5CC[C@@]4(C)[C@]3(C)CC[C@@]2(C)[C@H](OC(C)=O)C1. The third-order valence-corrected chi connectivity index (χ3v) is 13.5. The number of rotatable bonds is 4. The molecule has 5 aliphatic rings. The van der Waals surface area contributed by atoms with E-state index in [1.54, 1.807) is 0 Å². The smallest absolute Gasteiger partial charge is 0.302 e. The Morgan fingerprint density at radius 3 is 2.07 bits per heavy atom. The molecule has 0 aromatic rings. The van der Waals surface area contributed by atoms with Crippen LogP contribution in [0.2, 0.25) is 0 Å². The molecule has 234 valence electrons. The van der Waals surface area contributed by atoms with E-state index >= 15 is 0 Å². The van der Waals surface area contributed by atoms with E-state index in [9.17, 15) is 14.4 Å². The molecule has 0 saturated heterocycles. The summed E-state index contributed by atoms with van der Waals surface area (Å²) in [7, 11) is 0. The molecule has 9 atom stereocenters. The van der Waals surface area contributed by atoms with Crippen LogP contribution in [0.25, 0.3) is 0 Å². The molecule has 0 bridgehead atoms. The highest BCUT2D eigenvalue weighted by Gasteiger charge is 2.67. The molecule has 3 fully saturated rings. The molecule has 0 spiro atoms. The van der Waals surface area contributed by atoms with Crippen molar-refractivity contribution in [1.29, 1.82) is 0 Å². The van der Waals surface area contributed by atoms with E-state index in [1.165, 1.54) is 31.9 Å². The first-order valence-electron chi connectivity index (χ1n) is 16.2. The quantitative estimate of drug-likeness (QED) is 0.249. The molecule has 0 amide bonds. The first-order chi connectivity index (χ1) is 19.3. The minimum absolute atomic E-state index is 0.0213. The highest BCUT2D eigenvalue weighted by atomic mass is 16.6. The van der Waals surface area contributed by atoms with Gasteiger partial charge in [-0.3, -0.25) is 14.4 Å². The van der Waals surface area contributed by atoms with Gasteiger partial charge in [-0.05, 0) is 85.0 Å². The summed E-state index contributed by atoms with van der Waals surface area (Å²) in [5.41, 5.74) is 2.35. The van der Waals surface area contributed by atoms with E-state index in [1.807, 2.05) is 0 Å². The third-order valence-electron chi connectivity index (χ3n) is 13.5. The number of hydrogen-bond acceptors (Lipinski definition) is 6. The van der Waals surface area contributed by atoms with Gasteiger partial charge in [0.15, 0.2) is 0 Å². The fourth-order valence-corrected chi connectivity index (χ4v) is 11.0. The number of ether oxygens (including phenoxy) is 3. The van der Waals surface area contributed by atoms with Crippen LogP contribution in [-0.4, -0.2) is 36.7 Å². The normalized spacial score (nSPS) is 45.5. The third kappa shape index (κ3) is 4.51. The topological polar surface area (TPSA) is 78.9 Å². The zero-order valence-electron chi connectivity index (χ0n) is 27.8. The molecule has 0 unspecified atom stereocenters. The summed E-state index contributed by atoms with van der Waals surface area (Å²) in [5, 5.41) is 0. The molecule has 3 saturated carbocycles. The Bertz CT molecular complexity index is 1230. The van der Waals surface area contributed by atoms with Crippen molar-refractivity contribution < 1.29 is 28.6 Å². The minimum Gasteiger partial charge on any atom is -0.465 e. The van der Waals surface area contributed by atoms with Crippen LogP contribution < -0.4 is 0 Å². The summed E-state index contributed by atoms with van der Waals surface area (Å²) >= 11 is 0. The predicted molar refractivity (Wildman–Crippen MR) is 162 cm³/mol. The molecule has 0 aromatic heterocycles. The lowest BCUT2D eigenvalue weighted by molar-refractivity contribution is -0.198. The first kappa shape index (κ1) is 31.3. The molecular weight excluding hydrogens is 528 g/mol. The summed E-state index contributed by atoms with van der Waals surface area (Å²) in [6.45, 7) is 21.5. The van der Waals surface area contributed by atoms with E-state index in [-0.39, 0.29) is 62.6 Å². The minimum atomic E-state index is -0.305. The predicted octanol–water partition coefficient (Wildman–Crippen LogP) is 7.74. The number of carbonyl (C=O) groups excluding carboxylic acids is 3. The van der Waals surface area contributed by atoms with Gasteiger partial charge in [-0.1, -0.05) is 66.2 Å². The van der Waals surface area contributed by atoms with E-state index < -0.39 is 0 Å². The average Bonchev–Trinajstić information content (AvgIpc) is 2.86. The average molecular weight is 583 g/mol. The summed E-state index contributed by atoms with van der Waals surface area (Å²) in [6.07, 6.45) is 12.4. The van der Waals surface area contributed by atoms with Gasteiger partial charge in [0.25, 0.3) is 0 Å². The van der Waals surface area contributed by atoms with Crippen molar-refractivity contribution in [2.75, 3.05) is 6.61 Å². The molecule has 5 rings (SSSR count). The summed E-state index contributed by atoms with van der Waals surface area (Å²) in [6, 6.07) is 0. The number of carbonyl (C=O) groups is 3. The zero-order chi connectivity index (χ0) is 31.1. The molecular formula is C36H54O6. The van der Waals surface area contributed by atoms with Crippen molar-refractivity contribution in [2.24, 2.45) is 44.3 Å². The fraction of sp³-hybridized carbons (Fsp3) is 0.806. The van der Waals surface area contributed by atoms with Crippen LogP contribution in [0.3, 0.4) is 0 Å². The molecule has 0 aromatic carbocycles. The van der Waals surface area contributed by atoms with E-state index in [2.05, 4.69) is 60.6 Å². The molecule has 0 aliphatic heterocycles. The van der Waals surface area contributed by atoms with Gasteiger partial charge in [0.05, 0.1) is 6.61 Å². The maximum atomic E-state index is 12.3. The molecule has 6 nitrogen and oxygen atoms in total. The molecule has 0 radical (unpaired) electrons. The lowest BCUT2D eigenvalue weighted by Gasteiger charge is -2.69. The van der Waals surface area contributed by atoms with Gasteiger partial charge in [-0.25, -0.2) is 0 Å². The van der Waals surface area contributed by atoms with Crippen molar-refractivity contribution in [3.05, 3.63) is 23.3 Å². The van der Waals surface area contributed by atoms with Crippen LogP contribution in [0.1, 0.15) is 121 Å². The summed E-state index contributed by atoms with van der Waals surface area (Å²) in [4.78, 5) is 36.1. The number of esters is 3. The number of allylic oxidation sites excluding steroid dienone is 3. The van der Waals surface area contributed by atoms with Crippen LogP contribution in [0.15, 0.2) is 23.3 Å². The van der Waals surface area contributed by atoms with E-state index in [0.29, 0.717) is 24.9 Å². The first-order valence-corrected chi connectivity index (χ1v) is 16.2. The number of hydrogen-bond donors (Lipinski definition) is 0. The molecule has 42 heavy (non-hydrogen) atoms. The molecule has 6 heteroatoms. The Kier molecular flexibility index (Phi) is 7.42. The summed E-state index contributed by atoms with van der Waals surface area (Å²) < 4.78 is 17.6. The van der Waals surface area contributed by atoms with Crippen LogP contribution in [0.4, 0.5) is 0 Å². The second kappa shape index (κ2) is 9.95. The molecule has 0 N–H and O–H groups in total. The highest BCUT2D eigenvalue weighted by Crippen LogP contribution is 2.74. The largest absolute Gasteiger partial charge is 0.465 e. The van der Waals surface area contributed by atoms with E-state index in [0.717, 1.165) is 44.9 Å². The zero-order valence-corrected chi connectivity index (χ0v) is 27.8. The van der Waals surface area contributed by atoms with Crippen molar-refractivity contribution in [1.82, 2.24) is 0 Å². The molecule has 5 aliphatic carbocycles. The maximum absolute atomic E-state index is 12.3. The Morgan fingerprint density at radius 1 is 0.810 bits per heavy atom. The van der Waals surface area contributed by atoms with Gasteiger partial charge in [0, 0.05) is 37.0 Å². The Hall–Kier alpha value is -2.11. The van der Waals surface area contributed by atoms with Gasteiger partial charge in [0.1, 0.15) is 12.2 Å². The van der Waals surface area contributed by atoms with Crippen LogP contribution in [0, 0.1) is 44.3 Å². The standard InChI is InChI=1S/C36H54O6/c1-22(37)40-21-32(6)19-26-25-11-12-28-34(8)15-14-29(41-23(2)38)31(4,5)27(34)13-16-36(28,10)35(25,9)18-17-33(26,7)30(20-32)42-24(3)39/h11-12,27-30H,13-21H2,1-10H3/t27-,28-,29+,30+,32+,33+,34-,35+,36+/m0/s1. The van der Waals surface area contributed by atoms with Gasteiger partial charge >= 0.3 is 17.9 Å². The van der Waals surface area contributed by atoms with Gasteiger partial charge in [-0.2, -0.15) is 0 Å². The number of fused-ring (bicyclic) bond motifs is 6. The van der Waals surface area contributed by atoms with Crippen molar-refractivity contribution in [3.8, 4) is 0 Å². The van der Waals surface area contributed by atoms with Crippen molar-refractivity contribution in [2.45, 2.75) is 133 Å². The van der Waals surface area contributed by atoms with E-state index in [4.69, 9.17) is 14.2 Å². The van der Waals surface area contributed by atoms with Crippen molar-refractivity contribution >= 4 is 17.9 Å². The lowest BCUT2D eigenvalue weighted by Crippen LogP contribution is -2.63. The lowest BCUT2D eigenvalue weighted by atomic mass is 9.35. The van der Waals surface area contributed by atoms with Crippen LogP contribution in [-0.2, 0) is 28.6 Å². The fourth-order valence-electron chi connectivity index (χ4n) is 11.0. The van der Waals surface area contributed by atoms with Gasteiger partial charge in [0.2, 0.25) is 0 Å². The van der Waals surface area contributed by atoms with Crippen LogP contribution >= 0.6 is 0 Å². The second-order valence-corrected chi connectivity index (χ2v) is 16.5. The van der Waals surface area contributed by atoms with Gasteiger partial charge in [-0.15, -0.1) is 0 Å². The second-order valence-electron chi connectivity index (χ2n) is 16.5. The summed E-state index contributed by atoms with van der Waals surface area (Å²) in [5.74, 6) is 0.182. The molecule has 0 heterocycles.